The largest absolute Gasteiger partial charge is 0.466 e. The Balaban J connectivity index is 1.63. The summed E-state index contributed by atoms with van der Waals surface area (Å²) < 4.78 is 5.20. The molecule has 0 aromatic heterocycles. The first-order chi connectivity index (χ1) is 13.8. The van der Waals surface area contributed by atoms with E-state index >= 15 is 0 Å². The number of ether oxygens (including phenoxy) is 1. The van der Waals surface area contributed by atoms with E-state index < -0.39 is 0 Å². The minimum Gasteiger partial charge on any atom is -0.466 e. The molecule has 29 heavy (non-hydrogen) atoms. The highest BCUT2D eigenvalue weighted by atomic mass is 16.5. The van der Waals surface area contributed by atoms with Crippen LogP contribution < -0.4 is 0 Å². The monoisotopic (exact) mass is 398 g/mol. The lowest BCUT2D eigenvalue weighted by molar-refractivity contribution is -0.142. The van der Waals surface area contributed by atoms with Crippen LogP contribution in [0.3, 0.4) is 0 Å². The Bertz CT molecular complexity index is 778. The minimum atomic E-state index is -0.230. The van der Waals surface area contributed by atoms with Gasteiger partial charge in [0, 0.05) is 19.3 Å². The molecule has 4 nitrogen and oxygen atoms in total. The fourth-order valence-electron chi connectivity index (χ4n) is 7.52. The predicted molar refractivity (Wildman–Crippen MR) is 111 cm³/mol. The van der Waals surface area contributed by atoms with E-state index in [-0.39, 0.29) is 28.5 Å². The van der Waals surface area contributed by atoms with Gasteiger partial charge in [0.15, 0.2) is 5.78 Å². The molecule has 0 unspecified atom stereocenters. The van der Waals surface area contributed by atoms with Crippen molar-refractivity contribution in [1.29, 1.82) is 0 Å². The van der Waals surface area contributed by atoms with E-state index in [1.54, 1.807) is 6.92 Å². The normalized spacial score (nSPS) is 40.5. The summed E-state index contributed by atoms with van der Waals surface area (Å²) in [4.78, 5) is 35.7. The SMILES string of the molecule is CC(=O)OCCC[C@]12CC[C@@H]3[C@@H](C=CC4=CC(=O)CC[C@]43C)[C@@H]1CC[C@@H]2C(C)=O. The van der Waals surface area contributed by atoms with Crippen LogP contribution in [0, 0.1) is 34.5 Å². The van der Waals surface area contributed by atoms with Crippen LogP contribution in [0.25, 0.3) is 0 Å². The summed E-state index contributed by atoms with van der Waals surface area (Å²) in [6.45, 7) is 6.02. The number of carbonyl (C=O) groups excluding carboxylic acids is 3. The number of esters is 1. The van der Waals surface area contributed by atoms with Crippen LogP contribution in [-0.4, -0.2) is 24.1 Å². The molecule has 0 N–H and O–H groups in total. The molecule has 0 aromatic carbocycles. The first-order valence-corrected chi connectivity index (χ1v) is 11.3. The average molecular weight is 399 g/mol. The Morgan fingerprint density at radius 1 is 1.14 bits per heavy atom. The molecule has 4 rings (SSSR count). The maximum atomic E-state index is 12.6. The number of carbonyl (C=O) groups is 3. The highest BCUT2D eigenvalue weighted by molar-refractivity contribution is 5.92. The third-order valence-electron chi connectivity index (χ3n) is 8.81. The molecule has 2 saturated carbocycles. The van der Waals surface area contributed by atoms with Gasteiger partial charge in [0.2, 0.25) is 0 Å². The summed E-state index contributed by atoms with van der Waals surface area (Å²) in [5.74, 6) is 2.05. The van der Waals surface area contributed by atoms with Gasteiger partial charge in [0.05, 0.1) is 6.61 Å². The van der Waals surface area contributed by atoms with Crippen molar-refractivity contribution in [2.24, 2.45) is 34.5 Å². The molecular formula is C25H34O4. The lowest BCUT2D eigenvalue weighted by atomic mass is 9.47. The van der Waals surface area contributed by atoms with Crippen molar-refractivity contribution in [2.75, 3.05) is 6.61 Å². The zero-order valence-electron chi connectivity index (χ0n) is 18.0. The molecule has 0 aromatic rings. The molecule has 6 atom stereocenters. The summed E-state index contributed by atoms with van der Waals surface area (Å²) in [6.07, 6.45) is 14.2. The van der Waals surface area contributed by atoms with Crippen molar-refractivity contribution in [3.63, 3.8) is 0 Å². The van der Waals surface area contributed by atoms with Crippen LogP contribution in [0.1, 0.15) is 72.1 Å². The summed E-state index contributed by atoms with van der Waals surface area (Å²) in [6, 6.07) is 0. The molecule has 4 heteroatoms. The molecule has 0 spiro atoms. The van der Waals surface area contributed by atoms with Gasteiger partial charge in [-0.05, 0) is 92.1 Å². The Morgan fingerprint density at radius 2 is 1.93 bits per heavy atom. The fraction of sp³-hybridized carbons (Fsp3) is 0.720. The standard InChI is InChI=1S/C25H34O4/c1-16(26)21-7-8-23-20-6-5-18-15-19(28)9-12-24(18,3)22(20)10-13-25(21,23)11-4-14-29-17(2)27/h5-6,15,20-23H,4,7-14H2,1-3H3/t20-,21-,22-,23+,24-,25-/m1/s1. The summed E-state index contributed by atoms with van der Waals surface area (Å²) in [5, 5.41) is 0. The van der Waals surface area contributed by atoms with Crippen LogP contribution in [-0.2, 0) is 19.1 Å². The summed E-state index contributed by atoms with van der Waals surface area (Å²) in [5.41, 5.74) is 1.35. The highest BCUT2D eigenvalue weighted by Gasteiger charge is 2.60. The van der Waals surface area contributed by atoms with E-state index in [2.05, 4.69) is 19.1 Å². The fourth-order valence-corrected chi connectivity index (χ4v) is 7.52. The molecule has 0 amide bonds. The molecule has 4 aliphatic rings. The number of fused-ring (bicyclic) bond motifs is 5. The van der Waals surface area contributed by atoms with Gasteiger partial charge in [-0.25, -0.2) is 0 Å². The first kappa shape index (κ1) is 20.6. The van der Waals surface area contributed by atoms with Gasteiger partial charge in [-0.3, -0.25) is 14.4 Å². The third kappa shape index (κ3) is 3.33. The Labute approximate surface area is 174 Å². The number of ketones is 2. The van der Waals surface area contributed by atoms with Crippen LogP contribution in [0.5, 0.6) is 0 Å². The van der Waals surface area contributed by atoms with Crippen molar-refractivity contribution in [2.45, 2.75) is 72.1 Å². The van der Waals surface area contributed by atoms with Crippen LogP contribution in [0.15, 0.2) is 23.8 Å². The number of allylic oxidation sites excluding steroid dienone is 4. The van der Waals surface area contributed by atoms with Gasteiger partial charge >= 0.3 is 5.97 Å². The molecule has 0 bridgehead atoms. The van der Waals surface area contributed by atoms with Gasteiger partial charge in [-0.15, -0.1) is 0 Å². The number of hydrogen-bond acceptors (Lipinski definition) is 4. The van der Waals surface area contributed by atoms with Gasteiger partial charge < -0.3 is 4.74 Å². The molecule has 0 radical (unpaired) electrons. The number of Topliss-reactive ketones (excluding diaryl/α,β-unsaturated/α-hetero) is 1. The lowest BCUT2D eigenvalue weighted by Gasteiger charge is -2.57. The van der Waals surface area contributed by atoms with Crippen LogP contribution >= 0.6 is 0 Å². The molecule has 0 aliphatic heterocycles. The topological polar surface area (TPSA) is 60.4 Å². The summed E-state index contributed by atoms with van der Waals surface area (Å²) >= 11 is 0. The van der Waals surface area contributed by atoms with Gasteiger partial charge in [-0.2, -0.15) is 0 Å². The first-order valence-electron chi connectivity index (χ1n) is 11.3. The number of rotatable bonds is 5. The zero-order valence-corrected chi connectivity index (χ0v) is 18.0. The lowest BCUT2D eigenvalue weighted by Crippen LogP contribution is -2.50. The predicted octanol–water partition coefficient (Wildman–Crippen LogP) is 4.82. The van der Waals surface area contributed by atoms with Crippen molar-refractivity contribution in [3.05, 3.63) is 23.8 Å². The van der Waals surface area contributed by atoms with Crippen molar-refractivity contribution < 1.29 is 19.1 Å². The van der Waals surface area contributed by atoms with Crippen molar-refractivity contribution in [1.82, 2.24) is 0 Å². The second-order valence-corrected chi connectivity index (χ2v) is 10.1. The van der Waals surface area contributed by atoms with Gasteiger partial charge in [-0.1, -0.05) is 19.1 Å². The van der Waals surface area contributed by atoms with E-state index in [0.717, 1.165) is 44.9 Å². The van der Waals surface area contributed by atoms with E-state index in [1.807, 2.05) is 6.08 Å². The molecule has 0 saturated heterocycles. The van der Waals surface area contributed by atoms with Crippen LogP contribution in [0.2, 0.25) is 0 Å². The smallest absolute Gasteiger partial charge is 0.302 e. The third-order valence-corrected chi connectivity index (χ3v) is 8.81. The van der Waals surface area contributed by atoms with E-state index in [4.69, 9.17) is 4.74 Å². The van der Waals surface area contributed by atoms with Gasteiger partial charge in [0.1, 0.15) is 5.78 Å². The van der Waals surface area contributed by atoms with E-state index in [1.165, 1.54) is 12.5 Å². The molecule has 4 aliphatic carbocycles. The second kappa shape index (κ2) is 7.52. The van der Waals surface area contributed by atoms with Crippen molar-refractivity contribution >= 4 is 17.5 Å². The molecular weight excluding hydrogens is 364 g/mol. The highest BCUT2D eigenvalue weighted by Crippen LogP contribution is 2.66. The minimum absolute atomic E-state index is 0.0412. The molecule has 2 fully saturated rings. The Morgan fingerprint density at radius 3 is 2.66 bits per heavy atom. The zero-order chi connectivity index (χ0) is 20.8. The van der Waals surface area contributed by atoms with Gasteiger partial charge in [0.25, 0.3) is 0 Å². The second-order valence-electron chi connectivity index (χ2n) is 10.1. The number of hydrogen-bond donors (Lipinski definition) is 0. The van der Waals surface area contributed by atoms with E-state index in [9.17, 15) is 14.4 Å². The Kier molecular flexibility index (Phi) is 5.33. The Hall–Kier alpha value is -1.71. The quantitative estimate of drug-likeness (QED) is 0.492. The average Bonchev–Trinajstić information content (AvgIpc) is 3.05. The van der Waals surface area contributed by atoms with Crippen LogP contribution in [0.4, 0.5) is 0 Å². The maximum Gasteiger partial charge on any atom is 0.302 e. The van der Waals surface area contributed by atoms with E-state index in [0.29, 0.717) is 36.6 Å². The van der Waals surface area contributed by atoms with Crippen molar-refractivity contribution in [3.8, 4) is 0 Å². The molecule has 158 valence electrons. The molecule has 0 heterocycles. The summed E-state index contributed by atoms with van der Waals surface area (Å²) in [7, 11) is 0. The maximum absolute atomic E-state index is 12.6.